The lowest BCUT2D eigenvalue weighted by molar-refractivity contribution is -0.128. The van der Waals surface area contributed by atoms with Crippen molar-refractivity contribution < 1.29 is 19.1 Å². The van der Waals surface area contributed by atoms with Gasteiger partial charge >= 0.3 is 0 Å². The SMILES string of the molecule is O=C(NCc1ccc(-c2cnc(C3CN(C(=O)c4ncc(NC(=O)[C@@H]5CCCN5)s4)C3)s2)cc1)C1CCOCC1. The van der Waals surface area contributed by atoms with E-state index in [2.05, 4.69) is 38.1 Å². The maximum Gasteiger partial charge on any atom is 0.282 e. The molecule has 0 spiro atoms. The van der Waals surface area contributed by atoms with E-state index in [0.29, 0.717) is 42.9 Å². The number of nitrogens with one attached hydrogen (secondary N) is 3. The second-order valence-corrected chi connectivity index (χ2v) is 12.5. The van der Waals surface area contributed by atoms with Crippen molar-refractivity contribution in [3.05, 3.63) is 52.2 Å². The van der Waals surface area contributed by atoms with Crippen molar-refractivity contribution in [2.75, 3.05) is 38.2 Å². The summed E-state index contributed by atoms with van der Waals surface area (Å²) in [4.78, 5) is 49.3. The van der Waals surface area contributed by atoms with Crippen molar-refractivity contribution in [3.8, 4) is 10.4 Å². The molecule has 5 heterocycles. The molecule has 0 unspecified atom stereocenters. The van der Waals surface area contributed by atoms with Crippen molar-refractivity contribution in [2.45, 2.75) is 44.2 Å². The van der Waals surface area contributed by atoms with E-state index in [1.165, 1.54) is 11.3 Å². The Morgan fingerprint density at radius 2 is 1.80 bits per heavy atom. The normalized spacial score (nSPS) is 19.8. The van der Waals surface area contributed by atoms with Crippen molar-refractivity contribution in [2.24, 2.45) is 5.92 Å². The molecular weight excluding hydrogens is 548 g/mol. The standard InChI is InChI=1S/C28H32N6O4S2/c35-24(19-7-10-38-11-8-19)30-12-17-3-5-18(6-4-17)22-13-31-26(39-22)20-15-34(16-20)28(37)27-32-14-23(40-27)33-25(36)21-2-1-9-29-21/h3-6,13-14,19-21,29H,1-2,7-12,15-16H2,(H,30,35)(H,33,36)/t21-/m0/s1. The second kappa shape index (κ2) is 12.1. The zero-order chi connectivity index (χ0) is 27.5. The van der Waals surface area contributed by atoms with Gasteiger partial charge in [0.2, 0.25) is 11.8 Å². The van der Waals surface area contributed by atoms with Gasteiger partial charge in [0.15, 0.2) is 5.01 Å². The molecule has 2 aromatic heterocycles. The summed E-state index contributed by atoms with van der Waals surface area (Å²) in [5.41, 5.74) is 2.14. The van der Waals surface area contributed by atoms with Crippen LogP contribution in [0.4, 0.5) is 5.00 Å². The van der Waals surface area contributed by atoms with Gasteiger partial charge in [-0.25, -0.2) is 9.97 Å². The molecule has 3 aliphatic rings. The lowest BCUT2D eigenvalue weighted by atomic mass is 9.99. The van der Waals surface area contributed by atoms with Gasteiger partial charge in [-0.2, -0.15) is 0 Å². The highest BCUT2D eigenvalue weighted by Crippen LogP contribution is 2.35. The Bertz CT molecular complexity index is 1360. The largest absolute Gasteiger partial charge is 0.381 e. The van der Waals surface area contributed by atoms with Crippen LogP contribution in [0.1, 0.15) is 52.0 Å². The van der Waals surface area contributed by atoms with Crippen LogP contribution in [0.5, 0.6) is 0 Å². The fourth-order valence-electron chi connectivity index (χ4n) is 5.17. The third-order valence-corrected chi connectivity index (χ3v) is 9.76. The highest BCUT2D eigenvalue weighted by Gasteiger charge is 2.35. The molecule has 0 radical (unpaired) electrons. The smallest absolute Gasteiger partial charge is 0.282 e. The Kier molecular flexibility index (Phi) is 8.19. The molecule has 3 aliphatic heterocycles. The quantitative estimate of drug-likeness (QED) is 0.374. The van der Waals surface area contributed by atoms with Gasteiger partial charge in [0.05, 0.1) is 22.1 Å². The zero-order valence-corrected chi connectivity index (χ0v) is 23.7. The first kappa shape index (κ1) is 27.0. The van der Waals surface area contributed by atoms with Crippen LogP contribution in [0.3, 0.4) is 0 Å². The number of nitrogens with zero attached hydrogens (tertiary/aromatic N) is 3. The minimum Gasteiger partial charge on any atom is -0.381 e. The fraction of sp³-hybridized carbons (Fsp3) is 0.464. The molecule has 1 atom stereocenters. The first-order chi connectivity index (χ1) is 19.5. The molecule has 12 heteroatoms. The maximum absolute atomic E-state index is 12.9. The molecule has 40 heavy (non-hydrogen) atoms. The molecule has 0 aliphatic carbocycles. The summed E-state index contributed by atoms with van der Waals surface area (Å²) < 4.78 is 5.34. The van der Waals surface area contributed by atoms with E-state index in [-0.39, 0.29) is 35.6 Å². The molecule has 1 aromatic carbocycles. The zero-order valence-electron chi connectivity index (χ0n) is 22.1. The van der Waals surface area contributed by atoms with E-state index in [9.17, 15) is 14.4 Å². The van der Waals surface area contributed by atoms with E-state index in [1.807, 2.05) is 18.3 Å². The molecule has 10 nitrogen and oxygen atoms in total. The van der Waals surface area contributed by atoms with Crippen molar-refractivity contribution >= 4 is 45.4 Å². The maximum atomic E-state index is 12.9. The summed E-state index contributed by atoms with van der Waals surface area (Å²) in [6.07, 6.45) is 6.84. The lowest BCUT2D eigenvalue weighted by Gasteiger charge is -2.37. The lowest BCUT2D eigenvalue weighted by Crippen LogP contribution is -2.48. The van der Waals surface area contributed by atoms with Crippen LogP contribution in [0, 0.1) is 5.92 Å². The Balaban J connectivity index is 0.978. The van der Waals surface area contributed by atoms with Gasteiger partial charge in [0.1, 0.15) is 5.00 Å². The van der Waals surface area contributed by atoms with Gasteiger partial charge in [0.25, 0.3) is 5.91 Å². The van der Waals surface area contributed by atoms with E-state index < -0.39 is 0 Å². The number of hydrogen-bond donors (Lipinski definition) is 3. The van der Waals surface area contributed by atoms with Crippen LogP contribution >= 0.6 is 22.7 Å². The number of likely N-dealkylation sites (tertiary alicyclic amines) is 1. The Hall–Kier alpha value is -3.19. The van der Waals surface area contributed by atoms with Gasteiger partial charge in [-0.1, -0.05) is 35.6 Å². The Morgan fingerprint density at radius 3 is 2.55 bits per heavy atom. The number of amides is 3. The van der Waals surface area contributed by atoms with Crippen LogP contribution in [0.25, 0.3) is 10.4 Å². The summed E-state index contributed by atoms with van der Waals surface area (Å²) in [5.74, 6) is 0.168. The van der Waals surface area contributed by atoms with E-state index >= 15 is 0 Å². The van der Waals surface area contributed by atoms with Crippen LogP contribution in [-0.2, 0) is 20.9 Å². The molecular formula is C28H32N6O4S2. The average molecular weight is 581 g/mol. The molecule has 3 fully saturated rings. The predicted molar refractivity (Wildman–Crippen MR) is 153 cm³/mol. The molecule has 6 rings (SSSR count). The van der Waals surface area contributed by atoms with Crippen LogP contribution in [0.2, 0.25) is 0 Å². The summed E-state index contributed by atoms with van der Waals surface area (Å²) in [6, 6.07) is 8.03. The van der Waals surface area contributed by atoms with Gasteiger partial charge in [-0.3, -0.25) is 14.4 Å². The third-order valence-electron chi connectivity index (χ3n) is 7.65. The molecule has 0 saturated carbocycles. The van der Waals surface area contributed by atoms with Gasteiger partial charge in [-0.15, -0.1) is 11.3 Å². The van der Waals surface area contributed by atoms with Gasteiger partial charge in [-0.05, 0) is 43.4 Å². The van der Waals surface area contributed by atoms with Crippen LogP contribution in [-0.4, -0.2) is 71.5 Å². The molecule has 0 bridgehead atoms. The Labute approximate surface area is 240 Å². The summed E-state index contributed by atoms with van der Waals surface area (Å²) in [5, 5.41) is 11.1. The van der Waals surface area contributed by atoms with Gasteiger partial charge < -0.3 is 25.6 Å². The highest BCUT2D eigenvalue weighted by atomic mass is 32.1. The van der Waals surface area contributed by atoms with Crippen LogP contribution < -0.4 is 16.0 Å². The predicted octanol–water partition coefficient (Wildman–Crippen LogP) is 3.24. The molecule has 210 valence electrons. The monoisotopic (exact) mass is 580 g/mol. The minimum atomic E-state index is -0.173. The van der Waals surface area contributed by atoms with E-state index in [4.69, 9.17) is 4.74 Å². The number of rotatable bonds is 8. The number of carbonyl (C=O) groups excluding carboxylic acids is 3. The summed E-state index contributed by atoms with van der Waals surface area (Å²) in [7, 11) is 0. The average Bonchev–Trinajstić information content (AvgIpc) is 3.74. The summed E-state index contributed by atoms with van der Waals surface area (Å²) in [6.45, 7) is 3.89. The topological polar surface area (TPSA) is 126 Å². The number of carbonyl (C=O) groups is 3. The van der Waals surface area contributed by atoms with Crippen LogP contribution in [0.15, 0.2) is 36.7 Å². The second-order valence-electron chi connectivity index (χ2n) is 10.4. The van der Waals surface area contributed by atoms with Crippen molar-refractivity contribution in [1.82, 2.24) is 25.5 Å². The molecule has 3 N–H and O–H groups in total. The van der Waals surface area contributed by atoms with Crippen molar-refractivity contribution in [3.63, 3.8) is 0 Å². The number of anilines is 1. The first-order valence-corrected chi connectivity index (χ1v) is 15.4. The first-order valence-electron chi connectivity index (χ1n) is 13.7. The number of aromatic nitrogens is 2. The summed E-state index contributed by atoms with van der Waals surface area (Å²) >= 11 is 2.86. The minimum absolute atomic E-state index is 0.0483. The fourth-order valence-corrected chi connectivity index (χ4v) is 6.97. The highest BCUT2D eigenvalue weighted by molar-refractivity contribution is 7.17. The number of thiazole rings is 2. The van der Waals surface area contributed by atoms with Crippen molar-refractivity contribution in [1.29, 1.82) is 0 Å². The van der Waals surface area contributed by atoms with E-state index in [1.54, 1.807) is 22.4 Å². The van der Waals surface area contributed by atoms with Gasteiger partial charge in [0, 0.05) is 50.9 Å². The molecule has 3 aromatic rings. The Morgan fingerprint density at radius 1 is 1.00 bits per heavy atom. The molecule has 3 saturated heterocycles. The molecule has 3 amide bonds. The van der Waals surface area contributed by atoms with E-state index in [0.717, 1.165) is 53.2 Å². The number of ether oxygens (including phenoxy) is 1. The number of benzene rings is 1. The third kappa shape index (κ3) is 6.09. The number of hydrogen-bond acceptors (Lipinski definition) is 9.